The molecule has 0 saturated heterocycles. The molecule has 0 spiro atoms. The molecule has 0 heterocycles. The summed E-state index contributed by atoms with van der Waals surface area (Å²) in [5.41, 5.74) is 4.31. The molecule has 138 valence electrons. The summed E-state index contributed by atoms with van der Waals surface area (Å²) in [5, 5.41) is 11.4. The minimum atomic E-state index is -0.206. The second-order valence-electron chi connectivity index (χ2n) is 6.45. The maximum absolute atomic E-state index is 12.4. The van der Waals surface area contributed by atoms with Gasteiger partial charge in [-0.05, 0) is 28.8 Å². The van der Waals surface area contributed by atoms with Crippen molar-refractivity contribution in [2.75, 3.05) is 5.32 Å². The molecule has 0 bridgehead atoms. The molecule has 0 atom stereocenters. The van der Waals surface area contributed by atoms with Crippen LogP contribution in [-0.2, 0) is 11.2 Å². The number of Topliss-reactive ketones (excluding diaryl/α,β-unsaturated/α-hetero) is 1. The highest BCUT2D eigenvalue weighted by molar-refractivity contribution is 6.00. The molecule has 0 unspecified atom stereocenters. The third kappa shape index (κ3) is 5.15. The van der Waals surface area contributed by atoms with Crippen molar-refractivity contribution >= 4 is 17.4 Å². The Bertz CT molecular complexity index is 986. The minimum absolute atomic E-state index is 0.0564. The zero-order chi connectivity index (χ0) is 19.8. The molecular formula is C24H20N2O2. The fourth-order valence-electron chi connectivity index (χ4n) is 2.87. The molecular weight excluding hydrogens is 348 g/mol. The lowest BCUT2D eigenvalue weighted by Crippen LogP contribution is -2.13. The van der Waals surface area contributed by atoms with E-state index in [0.29, 0.717) is 17.7 Å². The van der Waals surface area contributed by atoms with Crippen LogP contribution in [0, 0.1) is 11.3 Å². The van der Waals surface area contributed by atoms with Gasteiger partial charge in [0, 0.05) is 24.1 Å². The molecule has 3 aromatic carbocycles. The highest BCUT2D eigenvalue weighted by Gasteiger charge is 2.10. The maximum Gasteiger partial charge on any atom is 0.224 e. The smallest absolute Gasteiger partial charge is 0.224 e. The van der Waals surface area contributed by atoms with E-state index in [1.54, 1.807) is 36.4 Å². The van der Waals surface area contributed by atoms with Gasteiger partial charge in [0.1, 0.15) is 0 Å². The van der Waals surface area contributed by atoms with Crippen molar-refractivity contribution in [3.63, 3.8) is 0 Å². The topological polar surface area (TPSA) is 70.0 Å². The van der Waals surface area contributed by atoms with Crippen molar-refractivity contribution in [1.29, 1.82) is 5.26 Å². The van der Waals surface area contributed by atoms with E-state index in [2.05, 4.69) is 11.4 Å². The lowest BCUT2D eigenvalue weighted by atomic mass is 10.0. The van der Waals surface area contributed by atoms with Gasteiger partial charge < -0.3 is 5.32 Å². The molecule has 1 N–H and O–H groups in total. The number of nitrogens with zero attached hydrogens (tertiary/aromatic N) is 1. The summed E-state index contributed by atoms with van der Waals surface area (Å²) in [5.74, 6) is -0.263. The third-order valence-corrected chi connectivity index (χ3v) is 4.41. The summed E-state index contributed by atoms with van der Waals surface area (Å²) in [6.07, 6.45) is 0.619. The first-order chi connectivity index (χ1) is 13.7. The van der Waals surface area contributed by atoms with E-state index in [1.165, 1.54) is 0 Å². The van der Waals surface area contributed by atoms with Crippen molar-refractivity contribution in [3.8, 4) is 17.2 Å². The monoisotopic (exact) mass is 368 g/mol. The van der Waals surface area contributed by atoms with Crippen LogP contribution in [0.1, 0.15) is 28.8 Å². The van der Waals surface area contributed by atoms with Gasteiger partial charge in [0.2, 0.25) is 5.91 Å². The Balaban J connectivity index is 1.52. The van der Waals surface area contributed by atoms with Gasteiger partial charge in [-0.1, -0.05) is 66.7 Å². The lowest BCUT2D eigenvalue weighted by molar-refractivity contribution is -0.116. The molecule has 1 amide bonds. The standard InChI is InChI=1S/C24H20N2O2/c25-17-16-18-6-12-22(13-7-18)26-24(28)15-14-23(27)21-10-8-20(9-11-21)19-4-2-1-3-5-19/h1-13H,14-16H2,(H,26,28). The summed E-state index contributed by atoms with van der Waals surface area (Å²) in [6.45, 7) is 0. The molecule has 0 aromatic heterocycles. The van der Waals surface area contributed by atoms with Crippen molar-refractivity contribution in [1.82, 2.24) is 0 Å². The van der Waals surface area contributed by atoms with Gasteiger partial charge in [-0.15, -0.1) is 0 Å². The van der Waals surface area contributed by atoms with E-state index in [1.807, 2.05) is 42.5 Å². The molecule has 0 radical (unpaired) electrons. The normalized spacial score (nSPS) is 10.1. The number of carbonyl (C=O) groups excluding carboxylic acids is 2. The first-order valence-electron chi connectivity index (χ1n) is 9.10. The van der Waals surface area contributed by atoms with E-state index >= 15 is 0 Å². The van der Waals surface area contributed by atoms with Crippen LogP contribution in [0.25, 0.3) is 11.1 Å². The molecule has 4 nitrogen and oxygen atoms in total. The van der Waals surface area contributed by atoms with Crippen LogP contribution in [0.4, 0.5) is 5.69 Å². The van der Waals surface area contributed by atoms with Crippen molar-refractivity contribution in [2.45, 2.75) is 19.3 Å². The van der Waals surface area contributed by atoms with Crippen LogP contribution in [-0.4, -0.2) is 11.7 Å². The fraction of sp³-hybridized carbons (Fsp3) is 0.125. The Morgan fingerprint density at radius 2 is 1.43 bits per heavy atom. The van der Waals surface area contributed by atoms with Crippen LogP contribution in [0.15, 0.2) is 78.9 Å². The van der Waals surface area contributed by atoms with Crippen LogP contribution < -0.4 is 5.32 Å². The van der Waals surface area contributed by atoms with Gasteiger partial charge in [-0.3, -0.25) is 9.59 Å². The Hall–Kier alpha value is -3.71. The molecule has 3 aromatic rings. The number of amides is 1. The highest BCUT2D eigenvalue weighted by atomic mass is 16.2. The number of hydrogen-bond acceptors (Lipinski definition) is 3. The number of benzene rings is 3. The Morgan fingerprint density at radius 1 is 0.786 bits per heavy atom. The van der Waals surface area contributed by atoms with Gasteiger partial charge in [0.05, 0.1) is 12.5 Å². The van der Waals surface area contributed by atoms with Crippen LogP contribution in [0.5, 0.6) is 0 Å². The first-order valence-corrected chi connectivity index (χ1v) is 9.10. The maximum atomic E-state index is 12.4. The van der Waals surface area contributed by atoms with Gasteiger partial charge in [-0.2, -0.15) is 5.26 Å². The Morgan fingerprint density at radius 3 is 2.07 bits per heavy atom. The van der Waals surface area contributed by atoms with Crippen LogP contribution in [0.2, 0.25) is 0 Å². The predicted octanol–water partition coefficient (Wildman–Crippen LogP) is 5.02. The number of carbonyl (C=O) groups is 2. The van der Waals surface area contributed by atoms with Crippen LogP contribution >= 0.6 is 0 Å². The van der Waals surface area contributed by atoms with Crippen LogP contribution in [0.3, 0.4) is 0 Å². The van der Waals surface area contributed by atoms with Gasteiger partial charge in [0.15, 0.2) is 5.78 Å². The summed E-state index contributed by atoms with van der Waals surface area (Å²) in [7, 11) is 0. The minimum Gasteiger partial charge on any atom is -0.326 e. The van der Waals surface area contributed by atoms with E-state index in [9.17, 15) is 9.59 Å². The fourth-order valence-corrected chi connectivity index (χ4v) is 2.87. The molecule has 0 aliphatic heterocycles. The van der Waals surface area contributed by atoms with Crippen molar-refractivity contribution in [3.05, 3.63) is 90.0 Å². The number of nitrogens with one attached hydrogen (secondary N) is 1. The number of anilines is 1. The zero-order valence-corrected chi connectivity index (χ0v) is 15.4. The van der Waals surface area contributed by atoms with Crippen molar-refractivity contribution in [2.24, 2.45) is 0 Å². The number of ketones is 1. The predicted molar refractivity (Wildman–Crippen MR) is 110 cm³/mol. The third-order valence-electron chi connectivity index (χ3n) is 4.41. The average molecular weight is 368 g/mol. The van der Waals surface area contributed by atoms with Crippen molar-refractivity contribution < 1.29 is 9.59 Å². The summed E-state index contributed by atoms with van der Waals surface area (Å²) >= 11 is 0. The van der Waals surface area contributed by atoms with E-state index < -0.39 is 0 Å². The number of hydrogen-bond donors (Lipinski definition) is 1. The zero-order valence-electron chi connectivity index (χ0n) is 15.4. The summed E-state index contributed by atoms with van der Waals surface area (Å²) < 4.78 is 0. The van der Waals surface area contributed by atoms with Gasteiger partial charge in [-0.25, -0.2) is 0 Å². The first kappa shape index (κ1) is 19.1. The second-order valence-corrected chi connectivity index (χ2v) is 6.45. The van der Waals surface area contributed by atoms with E-state index in [4.69, 9.17) is 5.26 Å². The van der Waals surface area contributed by atoms with E-state index in [0.717, 1.165) is 16.7 Å². The SMILES string of the molecule is N#CCc1ccc(NC(=O)CCC(=O)c2ccc(-c3ccccc3)cc2)cc1. The summed E-state index contributed by atoms with van der Waals surface area (Å²) in [6, 6.07) is 26.6. The Labute approximate surface area is 164 Å². The molecule has 4 heteroatoms. The molecule has 0 aliphatic rings. The lowest BCUT2D eigenvalue weighted by Gasteiger charge is -2.06. The largest absolute Gasteiger partial charge is 0.326 e. The highest BCUT2D eigenvalue weighted by Crippen LogP contribution is 2.20. The number of rotatable bonds is 7. The average Bonchev–Trinajstić information content (AvgIpc) is 2.74. The molecule has 3 rings (SSSR count). The molecule has 0 saturated carbocycles. The number of nitriles is 1. The summed E-state index contributed by atoms with van der Waals surface area (Å²) in [4.78, 5) is 24.4. The Kier molecular flexibility index (Phi) is 6.33. The molecule has 28 heavy (non-hydrogen) atoms. The quantitative estimate of drug-likeness (QED) is 0.595. The van der Waals surface area contributed by atoms with Gasteiger partial charge >= 0.3 is 0 Å². The second kappa shape index (κ2) is 9.29. The van der Waals surface area contributed by atoms with Gasteiger partial charge in [0.25, 0.3) is 0 Å². The molecule has 0 fully saturated rings. The van der Waals surface area contributed by atoms with E-state index in [-0.39, 0.29) is 24.5 Å². The molecule has 0 aliphatic carbocycles.